The fourth-order valence-electron chi connectivity index (χ4n) is 3.36. The van der Waals surface area contributed by atoms with Gasteiger partial charge in [0.1, 0.15) is 0 Å². The van der Waals surface area contributed by atoms with E-state index in [1.807, 2.05) is 49.4 Å². The highest BCUT2D eigenvalue weighted by molar-refractivity contribution is 7.98. The molecule has 144 valence electrons. The third-order valence-electron chi connectivity index (χ3n) is 5.02. The van der Waals surface area contributed by atoms with Gasteiger partial charge in [-0.3, -0.25) is 19.4 Å². The van der Waals surface area contributed by atoms with Crippen molar-refractivity contribution in [3.8, 4) is 0 Å². The molecule has 1 aromatic rings. The third-order valence-corrected chi connectivity index (χ3v) is 5.77. The molecule has 1 aliphatic heterocycles. The Balaban J connectivity index is 1.88. The number of anilines is 1. The molecule has 26 heavy (non-hydrogen) atoms. The number of likely N-dealkylation sites (tertiary alicyclic amines) is 1. The summed E-state index contributed by atoms with van der Waals surface area (Å²) in [6.07, 6.45) is 4.83. The molecule has 2 unspecified atom stereocenters. The van der Waals surface area contributed by atoms with Gasteiger partial charge >= 0.3 is 5.97 Å². The van der Waals surface area contributed by atoms with Crippen LogP contribution < -0.4 is 5.32 Å². The first kappa shape index (κ1) is 20.7. The van der Waals surface area contributed by atoms with Gasteiger partial charge < -0.3 is 10.4 Å². The van der Waals surface area contributed by atoms with Gasteiger partial charge in [0.25, 0.3) is 0 Å². The fourth-order valence-corrected chi connectivity index (χ4v) is 3.77. The van der Waals surface area contributed by atoms with Crippen molar-refractivity contribution in [2.45, 2.75) is 43.2 Å². The van der Waals surface area contributed by atoms with Crippen molar-refractivity contribution in [2.75, 3.05) is 38.3 Å². The lowest BCUT2D eigenvalue weighted by Crippen LogP contribution is -2.43. The van der Waals surface area contributed by atoms with Crippen molar-refractivity contribution in [1.82, 2.24) is 9.80 Å². The van der Waals surface area contributed by atoms with E-state index in [0.717, 1.165) is 38.0 Å². The number of thioether (sulfide) groups is 1. The molecule has 1 fully saturated rings. The van der Waals surface area contributed by atoms with Crippen molar-refractivity contribution in [2.24, 2.45) is 0 Å². The minimum atomic E-state index is -0.797. The number of likely N-dealkylation sites (N-methyl/N-ethyl adjacent to an activating group) is 1. The maximum Gasteiger partial charge on any atom is 0.317 e. The van der Waals surface area contributed by atoms with Crippen LogP contribution in [-0.4, -0.2) is 71.8 Å². The minimum absolute atomic E-state index is 0.000702. The molecule has 0 bridgehead atoms. The first-order valence-electron chi connectivity index (χ1n) is 9.01. The zero-order valence-corrected chi connectivity index (χ0v) is 16.6. The van der Waals surface area contributed by atoms with Crippen molar-refractivity contribution < 1.29 is 14.7 Å². The molecule has 1 heterocycles. The summed E-state index contributed by atoms with van der Waals surface area (Å²) in [6.45, 7) is 3.66. The Morgan fingerprint density at radius 3 is 2.62 bits per heavy atom. The molecule has 0 radical (unpaired) electrons. The number of hydrogen-bond donors (Lipinski definition) is 2. The summed E-state index contributed by atoms with van der Waals surface area (Å²) < 4.78 is 0. The number of carboxylic acid groups (broad SMARTS) is 1. The van der Waals surface area contributed by atoms with E-state index in [2.05, 4.69) is 10.2 Å². The number of carboxylic acids is 1. The van der Waals surface area contributed by atoms with Crippen LogP contribution in [0.25, 0.3) is 0 Å². The lowest BCUT2D eigenvalue weighted by molar-refractivity contribution is -0.138. The average Bonchev–Trinajstić information content (AvgIpc) is 2.87. The van der Waals surface area contributed by atoms with Crippen molar-refractivity contribution in [3.63, 3.8) is 0 Å². The first-order chi connectivity index (χ1) is 12.4. The molecule has 0 aromatic heterocycles. The largest absolute Gasteiger partial charge is 0.480 e. The van der Waals surface area contributed by atoms with Crippen LogP contribution in [0.5, 0.6) is 0 Å². The third kappa shape index (κ3) is 6.00. The fraction of sp³-hybridized carbons (Fsp3) is 0.579. The zero-order chi connectivity index (χ0) is 19.1. The molecule has 2 rings (SSSR count). The van der Waals surface area contributed by atoms with Crippen molar-refractivity contribution in [1.29, 1.82) is 0 Å². The molecular weight excluding hydrogens is 350 g/mol. The number of carbonyl (C=O) groups excluding carboxylic acids is 1. The smallest absolute Gasteiger partial charge is 0.317 e. The summed E-state index contributed by atoms with van der Waals surface area (Å²) in [4.78, 5) is 28.8. The van der Waals surface area contributed by atoms with Crippen LogP contribution in [0, 0.1) is 0 Å². The number of amides is 1. The van der Waals surface area contributed by atoms with Crippen LogP contribution in [0.2, 0.25) is 0 Å². The summed E-state index contributed by atoms with van der Waals surface area (Å²) in [5.41, 5.74) is 0.813. The highest BCUT2D eigenvalue weighted by atomic mass is 32.2. The van der Waals surface area contributed by atoms with E-state index in [9.17, 15) is 9.59 Å². The molecular formula is C19H29N3O3S. The molecule has 0 aliphatic carbocycles. The van der Waals surface area contributed by atoms with Crippen LogP contribution in [0.15, 0.2) is 29.2 Å². The highest BCUT2D eigenvalue weighted by Crippen LogP contribution is 2.20. The first-order valence-corrected chi connectivity index (χ1v) is 10.2. The van der Waals surface area contributed by atoms with Crippen molar-refractivity contribution >= 4 is 29.3 Å². The Hall–Kier alpha value is -1.57. The second-order valence-corrected chi connectivity index (χ2v) is 7.70. The zero-order valence-electron chi connectivity index (χ0n) is 15.8. The number of rotatable bonds is 7. The highest BCUT2D eigenvalue weighted by Gasteiger charge is 2.26. The molecule has 2 N–H and O–H groups in total. The van der Waals surface area contributed by atoms with E-state index < -0.39 is 5.97 Å². The van der Waals surface area contributed by atoms with Crippen LogP contribution in [0.3, 0.4) is 0 Å². The van der Waals surface area contributed by atoms with Crippen LogP contribution in [0.1, 0.15) is 26.2 Å². The summed E-state index contributed by atoms with van der Waals surface area (Å²) >= 11 is 1.67. The lowest BCUT2D eigenvalue weighted by Gasteiger charge is -2.28. The second-order valence-electron chi connectivity index (χ2n) is 6.82. The topological polar surface area (TPSA) is 72.9 Å². The summed E-state index contributed by atoms with van der Waals surface area (Å²) in [6, 6.07) is 7.90. The molecule has 1 aliphatic rings. The molecule has 1 aromatic carbocycles. The Labute approximate surface area is 159 Å². The van der Waals surface area contributed by atoms with Crippen LogP contribution >= 0.6 is 11.8 Å². The van der Waals surface area contributed by atoms with Gasteiger partial charge in [-0.05, 0) is 70.3 Å². The van der Waals surface area contributed by atoms with Gasteiger partial charge in [-0.15, -0.1) is 11.8 Å². The van der Waals surface area contributed by atoms with Gasteiger partial charge in [0.2, 0.25) is 5.91 Å². The molecule has 0 saturated carbocycles. The monoisotopic (exact) mass is 379 g/mol. The van der Waals surface area contributed by atoms with Gasteiger partial charge in [-0.25, -0.2) is 0 Å². The number of nitrogens with zero attached hydrogens (tertiary/aromatic N) is 2. The normalized spacial score (nSPS) is 19.8. The predicted molar refractivity (Wildman–Crippen MR) is 106 cm³/mol. The Bertz CT molecular complexity index is 609. The number of carbonyl (C=O) groups is 2. The number of aliphatic carboxylic acids is 1. The van der Waals surface area contributed by atoms with Gasteiger partial charge in [0.05, 0.1) is 12.6 Å². The Morgan fingerprint density at radius 2 is 2.00 bits per heavy atom. The maximum absolute atomic E-state index is 12.6. The number of nitrogens with one attached hydrogen (secondary N) is 1. The molecule has 7 heteroatoms. The molecule has 2 atom stereocenters. The standard InChI is InChI=1S/C19H29N3O3S/c1-14(19(25)20-15-6-8-17(26-3)9-7-15)22-11-4-5-16(10-12-22)21(2)13-18(23)24/h6-9,14,16H,4-5,10-13H2,1-3H3,(H,20,25)(H,23,24). The van der Waals surface area contributed by atoms with E-state index in [1.54, 1.807) is 11.8 Å². The number of hydrogen-bond acceptors (Lipinski definition) is 5. The van der Waals surface area contributed by atoms with Gasteiger partial charge in [-0.2, -0.15) is 0 Å². The summed E-state index contributed by atoms with van der Waals surface area (Å²) in [5.74, 6) is -0.798. The summed E-state index contributed by atoms with van der Waals surface area (Å²) in [7, 11) is 1.86. The van der Waals surface area contributed by atoms with Gasteiger partial charge in [0, 0.05) is 23.2 Å². The van der Waals surface area contributed by atoms with Crippen LogP contribution in [0.4, 0.5) is 5.69 Å². The van der Waals surface area contributed by atoms with Crippen LogP contribution in [-0.2, 0) is 9.59 Å². The average molecular weight is 380 g/mol. The lowest BCUT2D eigenvalue weighted by atomic mass is 10.1. The minimum Gasteiger partial charge on any atom is -0.480 e. The number of benzene rings is 1. The van der Waals surface area contributed by atoms with Crippen molar-refractivity contribution in [3.05, 3.63) is 24.3 Å². The maximum atomic E-state index is 12.6. The predicted octanol–water partition coefficient (Wildman–Crippen LogP) is 2.61. The Morgan fingerprint density at radius 1 is 1.31 bits per heavy atom. The molecule has 6 nitrogen and oxygen atoms in total. The molecule has 0 spiro atoms. The Kier molecular flexibility index (Phi) is 7.93. The SMILES string of the molecule is CSc1ccc(NC(=O)C(C)N2CCCC(N(C)CC(=O)O)CC2)cc1. The summed E-state index contributed by atoms with van der Waals surface area (Å²) in [5, 5.41) is 12.0. The van der Waals surface area contributed by atoms with E-state index in [1.165, 1.54) is 4.90 Å². The van der Waals surface area contributed by atoms with E-state index in [4.69, 9.17) is 5.11 Å². The van der Waals surface area contributed by atoms with E-state index in [0.29, 0.717) is 0 Å². The van der Waals surface area contributed by atoms with E-state index >= 15 is 0 Å². The second kappa shape index (κ2) is 9.94. The molecule has 1 amide bonds. The van der Waals surface area contributed by atoms with Gasteiger partial charge in [0.15, 0.2) is 0 Å². The van der Waals surface area contributed by atoms with Gasteiger partial charge in [-0.1, -0.05) is 0 Å². The molecule has 1 saturated heterocycles. The van der Waals surface area contributed by atoms with E-state index in [-0.39, 0.29) is 24.5 Å². The quantitative estimate of drug-likeness (QED) is 0.710.